The molecule has 29 heavy (non-hydrogen) atoms. The summed E-state index contributed by atoms with van der Waals surface area (Å²) in [5.74, 6) is -2.41. The molecule has 0 saturated heterocycles. The molecular weight excluding hydrogens is 384 g/mol. The Morgan fingerprint density at radius 3 is 1.38 bits per heavy atom. The fourth-order valence-corrected chi connectivity index (χ4v) is 4.89. The number of rotatable bonds is 21. The van der Waals surface area contributed by atoms with Gasteiger partial charge in [0.1, 0.15) is 0 Å². The summed E-state index contributed by atoms with van der Waals surface area (Å²) in [7, 11) is 0. The van der Waals surface area contributed by atoms with Crippen molar-refractivity contribution in [2.45, 2.75) is 140 Å². The molecule has 0 radical (unpaired) electrons. The third-order valence-corrected chi connectivity index (χ3v) is 7.15. The highest BCUT2D eigenvalue weighted by Gasteiger charge is 2.28. The van der Waals surface area contributed by atoms with E-state index in [2.05, 4.69) is 6.92 Å². The van der Waals surface area contributed by atoms with Gasteiger partial charge in [-0.15, -0.1) is 11.8 Å². The molecule has 0 rings (SSSR count). The van der Waals surface area contributed by atoms with Crippen molar-refractivity contribution in [3.05, 3.63) is 0 Å². The summed E-state index contributed by atoms with van der Waals surface area (Å²) in [5.41, 5.74) is 0. The van der Waals surface area contributed by atoms with Gasteiger partial charge in [0.15, 0.2) is 0 Å². The first-order chi connectivity index (χ1) is 13.8. The normalized spacial score (nSPS) is 14.4. The van der Waals surface area contributed by atoms with Crippen molar-refractivity contribution in [2.24, 2.45) is 0 Å². The lowest BCUT2D eigenvalue weighted by atomic mass is 10.0. The average molecular weight is 429 g/mol. The van der Waals surface area contributed by atoms with Crippen LogP contribution in [0.2, 0.25) is 0 Å². The summed E-state index contributed by atoms with van der Waals surface area (Å²) in [6.07, 6.45) is 20.8. The maximum absolute atomic E-state index is 11.4. The van der Waals surface area contributed by atoms with E-state index >= 15 is 0 Å². The fourth-order valence-electron chi connectivity index (χ4n) is 3.66. The molecule has 0 aromatic heterocycles. The summed E-state index contributed by atoms with van der Waals surface area (Å²) in [6.45, 7) is 5.29. The Bertz CT molecular complexity index is 427. The van der Waals surface area contributed by atoms with Crippen LogP contribution in [0.4, 0.5) is 0 Å². The van der Waals surface area contributed by atoms with Crippen LogP contribution in [0.15, 0.2) is 0 Å². The van der Waals surface area contributed by atoms with Crippen molar-refractivity contribution in [3.63, 3.8) is 0 Å². The van der Waals surface area contributed by atoms with Crippen molar-refractivity contribution < 1.29 is 19.8 Å². The highest BCUT2D eigenvalue weighted by atomic mass is 32.2. The van der Waals surface area contributed by atoms with Crippen molar-refractivity contribution in [1.29, 1.82) is 0 Å². The van der Waals surface area contributed by atoms with Gasteiger partial charge >= 0.3 is 0 Å². The zero-order valence-corrected chi connectivity index (χ0v) is 20.0. The van der Waals surface area contributed by atoms with Gasteiger partial charge in [-0.3, -0.25) is 0 Å². The number of aliphatic carboxylic acids is 2. The van der Waals surface area contributed by atoms with Gasteiger partial charge in [0, 0.05) is 5.25 Å². The lowest BCUT2D eigenvalue weighted by molar-refractivity contribution is -0.308. The highest BCUT2D eigenvalue weighted by Crippen LogP contribution is 2.33. The fraction of sp³-hybridized carbons (Fsp3) is 0.917. The molecule has 0 aromatic carbocycles. The lowest BCUT2D eigenvalue weighted by Gasteiger charge is -2.33. The molecule has 0 aliphatic carbocycles. The molecule has 0 aromatic rings. The molecule has 2 atom stereocenters. The summed E-state index contributed by atoms with van der Waals surface area (Å²) in [6, 6.07) is 0. The minimum absolute atomic E-state index is 0.441. The molecule has 0 saturated carbocycles. The maximum atomic E-state index is 11.4. The van der Waals surface area contributed by atoms with Crippen molar-refractivity contribution in [2.75, 3.05) is 0 Å². The van der Waals surface area contributed by atoms with Crippen LogP contribution in [0.5, 0.6) is 0 Å². The minimum atomic E-state index is -1.23. The van der Waals surface area contributed by atoms with Crippen LogP contribution in [0.3, 0.4) is 0 Å². The molecule has 0 N–H and O–H groups in total. The van der Waals surface area contributed by atoms with Gasteiger partial charge in [-0.1, -0.05) is 110 Å². The Balaban J connectivity index is 3.55. The number of carboxylic acids is 2. The van der Waals surface area contributed by atoms with Crippen LogP contribution in [0, 0.1) is 0 Å². The zero-order valence-electron chi connectivity index (χ0n) is 19.1. The monoisotopic (exact) mass is 428 g/mol. The number of thioether (sulfide) groups is 1. The van der Waals surface area contributed by atoms with Crippen LogP contribution in [-0.2, 0) is 9.59 Å². The molecule has 0 heterocycles. The van der Waals surface area contributed by atoms with E-state index in [4.69, 9.17) is 0 Å². The second-order valence-corrected chi connectivity index (χ2v) is 10.5. The van der Waals surface area contributed by atoms with E-state index in [1.165, 1.54) is 90.4 Å². The van der Waals surface area contributed by atoms with Crippen LogP contribution < -0.4 is 10.2 Å². The van der Waals surface area contributed by atoms with Gasteiger partial charge in [0.25, 0.3) is 0 Å². The molecule has 0 bridgehead atoms. The zero-order chi connectivity index (χ0) is 22.0. The maximum Gasteiger partial charge on any atom is 0.0573 e. The number of hydrogen-bond donors (Lipinski definition) is 0. The van der Waals surface area contributed by atoms with Gasteiger partial charge in [-0.05, 0) is 20.3 Å². The molecule has 0 aliphatic rings. The second-order valence-electron chi connectivity index (χ2n) is 8.65. The third kappa shape index (κ3) is 15.7. The molecule has 0 amide bonds. The number of unbranched alkanes of at least 4 members (excludes halogenated alkanes) is 15. The van der Waals surface area contributed by atoms with Crippen molar-refractivity contribution >= 4 is 23.7 Å². The topological polar surface area (TPSA) is 80.3 Å². The Labute approximate surface area is 183 Å². The van der Waals surface area contributed by atoms with Gasteiger partial charge in [-0.25, -0.2) is 0 Å². The van der Waals surface area contributed by atoms with Gasteiger partial charge in [0.2, 0.25) is 0 Å². The third-order valence-electron chi connectivity index (χ3n) is 5.71. The predicted molar refractivity (Wildman–Crippen MR) is 120 cm³/mol. The van der Waals surface area contributed by atoms with E-state index in [9.17, 15) is 19.8 Å². The molecular formula is C24H44O4S-2. The van der Waals surface area contributed by atoms with Gasteiger partial charge in [-0.2, -0.15) is 0 Å². The molecule has 0 aliphatic heterocycles. The first kappa shape index (κ1) is 28.3. The van der Waals surface area contributed by atoms with Crippen LogP contribution >= 0.6 is 11.8 Å². The number of carboxylic acid groups (broad SMARTS) is 2. The molecule has 172 valence electrons. The van der Waals surface area contributed by atoms with Gasteiger partial charge < -0.3 is 19.8 Å². The summed E-state index contributed by atoms with van der Waals surface area (Å²) in [5, 5.41) is 21.5. The smallest absolute Gasteiger partial charge is 0.0573 e. The Morgan fingerprint density at radius 2 is 1.07 bits per heavy atom. The van der Waals surface area contributed by atoms with Gasteiger partial charge in [0.05, 0.1) is 16.7 Å². The standard InChI is InChI=1S/C24H46O4S/c1-4-5-6-7-8-9-10-11-12-13-14-15-16-17-18-19-20-24(3,23(27)28)29-21(2)22(25)26/h21H,4-20H2,1-3H3,(H,25,26)(H,27,28)/p-2. The minimum Gasteiger partial charge on any atom is -0.549 e. The molecule has 4 nitrogen and oxygen atoms in total. The Kier molecular flexibility index (Phi) is 17.6. The molecule has 0 fully saturated rings. The first-order valence-electron chi connectivity index (χ1n) is 11.9. The first-order valence-corrected chi connectivity index (χ1v) is 12.8. The highest BCUT2D eigenvalue weighted by molar-refractivity contribution is 8.02. The lowest BCUT2D eigenvalue weighted by Crippen LogP contribution is -2.46. The van der Waals surface area contributed by atoms with E-state index < -0.39 is 21.9 Å². The van der Waals surface area contributed by atoms with Crippen LogP contribution in [0.25, 0.3) is 0 Å². The summed E-state index contributed by atoms with van der Waals surface area (Å²) in [4.78, 5) is 22.3. The molecule has 2 unspecified atom stereocenters. The molecule has 0 spiro atoms. The van der Waals surface area contributed by atoms with Crippen LogP contribution in [-0.4, -0.2) is 21.9 Å². The number of carbonyl (C=O) groups excluding carboxylic acids is 2. The van der Waals surface area contributed by atoms with Crippen molar-refractivity contribution in [1.82, 2.24) is 0 Å². The largest absolute Gasteiger partial charge is 0.549 e. The average Bonchev–Trinajstić information content (AvgIpc) is 2.67. The summed E-state index contributed by atoms with van der Waals surface area (Å²) >= 11 is 0.927. The van der Waals surface area contributed by atoms with E-state index in [-0.39, 0.29) is 0 Å². The van der Waals surface area contributed by atoms with E-state index in [1.54, 1.807) is 6.92 Å². The SMILES string of the molecule is CCCCCCCCCCCCCCCCCCC(C)(SC(C)C(=O)[O-])C(=O)[O-]. The van der Waals surface area contributed by atoms with Crippen LogP contribution in [0.1, 0.15) is 130 Å². The number of hydrogen-bond acceptors (Lipinski definition) is 5. The number of carbonyl (C=O) groups is 2. The second kappa shape index (κ2) is 18.1. The van der Waals surface area contributed by atoms with E-state index in [0.29, 0.717) is 6.42 Å². The Morgan fingerprint density at radius 1 is 0.724 bits per heavy atom. The Hall–Kier alpha value is -0.710. The van der Waals surface area contributed by atoms with Crippen molar-refractivity contribution in [3.8, 4) is 0 Å². The van der Waals surface area contributed by atoms with E-state index in [0.717, 1.165) is 31.0 Å². The predicted octanol–water partition coefficient (Wildman–Crippen LogP) is 5.02. The summed E-state index contributed by atoms with van der Waals surface area (Å²) < 4.78 is -1.16. The van der Waals surface area contributed by atoms with E-state index in [1.807, 2.05) is 0 Å². The quantitative estimate of drug-likeness (QED) is 0.240. The molecule has 5 heteroatoms.